The van der Waals surface area contributed by atoms with Crippen LogP contribution in [0.25, 0.3) is 0 Å². The van der Waals surface area contributed by atoms with Crippen molar-refractivity contribution in [2.24, 2.45) is 7.05 Å². The van der Waals surface area contributed by atoms with Crippen molar-refractivity contribution < 1.29 is 4.79 Å². The third-order valence-electron chi connectivity index (χ3n) is 4.47. The lowest BCUT2D eigenvalue weighted by Gasteiger charge is -2.26. The Morgan fingerprint density at radius 3 is 2.73 bits per heavy atom. The molecule has 1 unspecified atom stereocenters. The molecule has 1 aliphatic heterocycles. The Morgan fingerprint density at radius 2 is 2.09 bits per heavy atom. The number of nitrogens with one attached hydrogen (secondary N) is 2. The lowest BCUT2D eigenvalue weighted by atomic mass is 10.1. The molecule has 1 fully saturated rings. The van der Waals surface area contributed by atoms with E-state index < -0.39 is 0 Å². The average molecular weight is 307 g/mol. The predicted octanol–water partition coefficient (Wildman–Crippen LogP) is 1.96. The van der Waals surface area contributed by atoms with Crippen molar-refractivity contribution in [1.29, 1.82) is 0 Å². The number of hydrogen-bond acceptors (Lipinski definition) is 3. The molecule has 124 valence electrons. The maximum atomic E-state index is 11.9. The largest absolute Gasteiger partial charge is 0.338 e. The smallest absolute Gasteiger partial charge is 0.315 e. The minimum atomic E-state index is -0.102. The van der Waals surface area contributed by atoms with E-state index in [0.717, 1.165) is 30.8 Å². The second-order valence-corrected chi connectivity index (χ2v) is 6.19. The summed E-state index contributed by atoms with van der Waals surface area (Å²) in [5.41, 5.74) is 2.14. The van der Waals surface area contributed by atoms with E-state index in [4.69, 9.17) is 0 Å². The van der Waals surface area contributed by atoms with Crippen LogP contribution >= 0.6 is 0 Å². The minimum Gasteiger partial charge on any atom is -0.338 e. The number of rotatable bonds is 6. The summed E-state index contributed by atoms with van der Waals surface area (Å²) in [5, 5.41) is 10.1. The molecule has 0 aromatic carbocycles. The number of hydrogen-bond donors (Lipinski definition) is 2. The van der Waals surface area contributed by atoms with Gasteiger partial charge in [-0.2, -0.15) is 5.10 Å². The first-order chi connectivity index (χ1) is 10.6. The molecular formula is C16H29N5O. The molecule has 1 aromatic rings. The number of nitrogens with zero attached hydrogens (tertiary/aromatic N) is 3. The summed E-state index contributed by atoms with van der Waals surface area (Å²) >= 11 is 0. The third kappa shape index (κ3) is 4.73. The van der Waals surface area contributed by atoms with Crippen molar-refractivity contribution >= 4 is 6.03 Å². The van der Waals surface area contributed by atoms with Crippen molar-refractivity contribution in [2.75, 3.05) is 26.2 Å². The number of carbonyl (C=O) groups is 1. The van der Waals surface area contributed by atoms with Crippen LogP contribution in [0, 0.1) is 6.92 Å². The molecule has 1 aromatic heterocycles. The first-order valence-electron chi connectivity index (χ1n) is 8.33. The summed E-state index contributed by atoms with van der Waals surface area (Å²) in [4.78, 5) is 14.4. The van der Waals surface area contributed by atoms with Crippen molar-refractivity contribution in [3.8, 4) is 0 Å². The standard InChI is InChI=1S/C16H29N5O/c1-13(15-12-18-20(3)14(15)2)19-16(22)17-8-7-11-21-9-5-4-6-10-21/h12-13H,4-11H2,1-3H3,(H2,17,19,22). The fraction of sp³-hybridized carbons (Fsp3) is 0.750. The molecule has 0 saturated carbocycles. The summed E-state index contributed by atoms with van der Waals surface area (Å²) in [6, 6.07) is -0.134. The van der Waals surface area contributed by atoms with Crippen LogP contribution in [0.1, 0.15) is 49.9 Å². The molecule has 1 atom stereocenters. The van der Waals surface area contributed by atoms with Crippen LogP contribution in [0.5, 0.6) is 0 Å². The van der Waals surface area contributed by atoms with Crippen LogP contribution < -0.4 is 10.6 Å². The molecule has 2 amide bonds. The Morgan fingerprint density at radius 1 is 1.36 bits per heavy atom. The molecule has 1 aliphatic rings. The number of aromatic nitrogens is 2. The lowest BCUT2D eigenvalue weighted by molar-refractivity contribution is 0.221. The highest BCUT2D eigenvalue weighted by molar-refractivity contribution is 5.74. The zero-order valence-corrected chi connectivity index (χ0v) is 14.1. The highest BCUT2D eigenvalue weighted by Crippen LogP contribution is 2.15. The van der Waals surface area contributed by atoms with Gasteiger partial charge in [-0.15, -0.1) is 0 Å². The molecule has 2 heterocycles. The van der Waals surface area contributed by atoms with Gasteiger partial charge in [0, 0.05) is 24.8 Å². The quantitative estimate of drug-likeness (QED) is 0.790. The topological polar surface area (TPSA) is 62.2 Å². The van der Waals surface area contributed by atoms with E-state index in [1.54, 1.807) is 0 Å². The first-order valence-corrected chi connectivity index (χ1v) is 8.33. The number of amides is 2. The fourth-order valence-corrected chi connectivity index (χ4v) is 2.95. The zero-order chi connectivity index (χ0) is 15.9. The van der Waals surface area contributed by atoms with Crippen molar-refractivity contribution in [2.45, 2.75) is 45.6 Å². The SMILES string of the molecule is Cc1c(C(C)NC(=O)NCCCN2CCCCC2)cnn1C. The average Bonchev–Trinajstić information content (AvgIpc) is 2.84. The van der Waals surface area contributed by atoms with Crippen LogP contribution in [0.4, 0.5) is 4.79 Å². The highest BCUT2D eigenvalue weighted by atomic mass is 16.2. The maximum absolute atomic E-state index is 11.9. The molecule has 6 nitrogen and oxygen atoms in total. The van der Waals surface area contributed by atoms with Gasteiger partial charge < -0.3 is 15.5 Å². The van der Waals surface area contributed by atoms with Crippen LogP contribution in [-0.4, -0.2) is 46.9 Å². The van der Waals surface area contributed by atoms with Crippen LogP contribution in [0.3, 0.4) is 0 Å². The number of carbonyl (C=O) groups excluding carboxylic acids is 1. The van der Waals surface area contributed by atoms with E-state index >= 15 is 0 Å². The molecule has 0 aliphatic carbocycles. The van der Waals surface area contributed by atoms with Crippen LogP contribution in [0.15, 0.2) is 6.20 Å². The van der Waals surface area contributed by atoms with E-state index in [1.165, 1.54) is 32.4 Å². The third-order valence-corrected chi connectivity index (χ3v) is 4.47. The van der Waals surface area contributed by atoms with Gasteiger partial charge in [0.15, 0.2) is 0 Å². The summed E-state index contributed by atoms with van der Waals surface area (Å²) in [5.74, 6) is 0. The second-order valence-electron chi connectivity index (χ2n) is 6.19. The Hall–Kier alpha value is -1.56. The fourth-order valence-electron chi connectivity index (χ4n) is 2.95. The van der Waals surface area contributed by atoms with Gasteiger partial charge in [-0.25, -0.2) is 4.79 Å². The van der Waals surface area contributed by atoms with Crippen molar-refractivity contribution in [3.63, 3.8) is 0 Å². The Kier molecular flexibility index (Phi) is 6.24. The molecular weight excluding hydrogens is 278 g/mol. The van der Waals surface area contributed by atoms with Crippen molar-refractivity contribution in [3.05, 3.63) is 17.5 Å². The van der Waals surface area contributed by atoms with E-state index in [0.29, 0.717) is 0 Å². The summed E-state index contributed by atoms with van der Waals surface area (Å²) in [6.45, 7) is 8.22. The highest BCUT2D eigenvalue weighted by Gasteiger charge is 2.14. The number of likely N-dealkylation sites (tertiary alicyclic amines) is 1. The van der Waals surface area contributed by atoms with Gasteiger partial charge >= 0.3 is 6.03 Å². The summed E-state index contributed by atoms with van der Waals surface area (Å²) < 4.78 is 1.82. The Bertz CT molecular complexity index is 479. The van der Waals surface area contributed by atoms with Gasteiger partial charge in [0.05, 0.1) is 12.2 Å². The number of aryl methyl sites for hydroxylation is 1. The van der Waals surface area contributed by atoms with E-state index in [1.807, 2.05) is 31.8 Å². The van der Waals surface area contributed by atoms with Gasteiger partial charge in [-0.05, 0) is 52.7 Å². The molecule has 6 heteroatoms. The van der Waals surface area contributed by atoms with Gasteiger partial charge in [0.2, 0.25) is 0 Å². The molecule has 22 heavy (non-hydrogen) atoms. The van der Waals surface area contributed by atoms with Crippen LogP contribution in [0.2, 0.25) is 0 Å². The molecule has 0 radical (unpaired) electrons. The lowest BCUT2D eigenvalue weighted by Crippen LogP contribution is -2.39. The number of piperidine rings is 1. The predicted molar refractivity (Wildman–Crippen MR) is 87.8 cm³/mol. The second kappa shape index (κ2) is 8.17. The van der Waals surface area contributed by atoms with E-state index in [2.05, 4.69) is 20.6 Å². The molecule has 2 rings (SSSR count). The van der Waals surface area contributed by atoms with Gasteiger partial charge in [-0.3, -0.25) is 4.68 Å². The number of urea groups is 1. The first kappa shape index (κ1) is 16.8. The molecule has 0 bridgehead atoms. The Balaban J connectivity index is 1.64. The van der Waals surface area contributed by atoms with E-state index in [-0.39, 0.29) is 12.1 Å². The molecule has 1 saturated heterocycles. The van der Waals surface area contributed by atoms with Gasteiger partial charge in [0.1, 0.15) is 0 Å². The van der Waals surface area contributed by atoms with Gasteiger partial charge in [0.25, 0.3) is 0 Å². The maximum Gasteiger partial charge on any atom is 0.315 e. The van der Waals surface area contributed by atoms with Gasteiger partial charge in [-0.1, -0.05) is 6.42 Å². The molecule has 2 N–H and O–H groups in total. The van der Waals surface area contributed by atoms with Crippen LogP contribution in [-0.2, 0) is 7.05 Å². The zero-order valence-electron chi connectivity index (χ0n) is 14.1. The normalized spacial score (nSPS) is 17.2. The summed E-state index contributed by atoms with van der Waals surface area (Å²) in [6.07, 6.45) is 6.82. The van der Waals surface area contributed by atoms with Crippen molar-refractivity contribution in [1.82, 2.24) is 25.3 Å². The monoisotopic (exact) mass is 307 g/mol. The molecule has 0 spiro atoms. The minimum absolute atomic E-state index is 0.0317. The summed E-state index contributed by atoms with van der Waals surface area (Å²) in [7, 11) is 1.91. The Labute approximate surface area is 133 Å². The van der Waals surface area contributed by atoms with E-state index in [9.17, 15) is 4.79 Å².